The lowest BCUT2D eigenvalue weighted by atomic mass is 9.94. The predicted molar refractivity (Wildman–Crippen MR) is 148 cm³/mol. The van der Waals surface area contributed by atoms with Crippen molar-refractivity contribution in [3.05, 3.63) is 143 Å². The molecule has 0 saturated carbocycles. The molecule has 4 rings (SSSR count). The third-order valence-corrected chi connectivity index (χ3v) is 6.74. The molecular formula is C34H34O2. The van der Waals surface area contributed by atoms with Crippen LogP contribution in [-0.4, -0.2) is 11.6 Å². The highest BCUT2D eigenvalue weighted by Gasteiger charge is 2.13. The monoisotopic (exact) mass is 474 g/mol. The average molecular weight is 475 g/mol. The van der Waals surface area contributed by atoms with Gasteiger partial charge in [-0.05, 0) is 36.8 Å². The van der Waals surface area contributed by atoms with Crippen LogP contribution in [0.5, 0.6) is 0 Å². The van der Waals surface area contributed by atoms with Gasteiger partial charge in [-0.1, -0.05) is 135 Å². The second-order valence-electron chi connectivity index (χ2n) is 9.33. The molecule has 0 bridgehead atoms. The lowest BCUT2D eigenvalue weighted by Crippen LogP contribution is -2.05. The Bertz CT molecular complexity index is 1160. The van der Waals surface area contributed by atoms with E-state index >= 15 is 0 Å². The maximum atomic E-state index is 12.9. The van der Waals surface area contributed by atoms with Crippen molar-refractivity contribution in [3.8, 4) is 0 Å². The highest BCUT2D eigenvalue weighted by molar-refractivity contribution is 6.10. The summed E-state index contributed by atoms with van der Waals surface area (Å²) in [6, 6.07) is 35.1. The van der Waals surface area contributed by atoms with Crippen molar-refractivity contribution in [3.63, 3.8) is 0 Å². The van der Waals surface area contributed by atoms with E-state index in [0.29, 0.717) is 0 Å². The molecule has 4 aromatic rings. The number of aryl methyl sites for hydroxylation is 2. The third kappa shape index (κ3) is 6.88. The molecule has 0 heterocycles. The Morgan fingerprint density at radius 3 is 1.14 bits per heavy atom. The molecule has 2 heteroatoms. The first kappa shape index (κ1) is 25.3. The van der Waals surface area contributed by atoms with Crippen LogP contribution >= 0.6 is 0 Å². The molecule has 0 N–H and O–H groups in total. The van der Waals surface area contributed by atoms with Crippen LogP contribution in [-0.2, 0) is 12.8 Å². The fraction of sp³-hybridized carbons (Fsp3) is 0.235. The standard InChI is InChI=1S/C34H34O2/c35-33(29-21-9-5-10-22-29)31-25-15-13-19-27(31)17-7-3-1-2-4-8-18-28-20-14-16-26-32(28)34(36)30-23-11-6-12-24-30/h5-6,9-16,19-26H,1-4,7-8,17-18H2. The Balaban J connectivity index is 1.19. The van der Waals surface area contributed by atoms with E-state index in [1.54, 1.807) is 0 Å². The molecule has 0 spiro atoms. The number of carbonyl (C=O) groups excluding carboxylic acids is 2. The average Bonchev–Trinajstić information content (AvgIpc) is 2.95. The van der Waals surface area contributed by atoms with Crippen molar-refractivity contribution in [2.75, 3.05) is 0 Å². The molecule has 0 fully saturated rings. The summed E-state index contributed by atoms with van der Waals surface area (Å²) in [6.07, 6.45) is 8.76. The van der Waals surface area contributed by atoms with Gasteiger partial charge >= 0.3 is 0 Å². The zero-order valence-corrected chi connectivity index (χ0v) is 20.9. The predicted octanol–water partition coefficient (Wildman–Crippen LogP) is 8.27. The molecule has 0 unspecified atom stereocenters. The quantitative estimate of drug-likeness (QED) is 0.144. The molecule has 0 saturated heterocycles. The zero-order chi connectivity index (χ0) is 25.0. The van der Waals surface area contributed by atoms with Crippen molar-refractivity contribution in [1.29, 1.82) is 0 Å². The summed E-state index contributed by atoms with van der Waals surface area (Å²) in [5.74, 6) is 0.217. The van der Waals surface area contributed by atoms with Crippen LogP contribution in [0.3, 0.4) is 0 Å². The van der Waals surface area contributed by atoms with Crippen LogP contribution in [0.25, 0.3) is 0 Å². The number of ketones is 2. The zero-order valence-electron chi connectivity index (χ0n) is 20.9. The van der Waals surface area contributed by atoms with E-state index in [1.807, 2.05) is 97.1 Å². The fourth-order valence-electron chi connectivity index (χ4n) is 4.75. The second kappa shape index (κ2) is 13.3. The summed E-state index contributed by atoms with van der Waals surface area (Å²) in [5.41, 5.74) is 5.44. The van der Waals surface area contributed by atoms with Gasteiger partial charge in [-0.25, -0.2) is 0 Å². The number of hydrogen-bond acceptors (Lipinski definition) is 2. The summed E-state index contributed by atoms with van der Waals surface area (Å²) < 4.78 is 0. The van der Waals surface area contributed by atoms with Gasteiger partial charge in [0.1, 0.15) is 0 Å². The Morgan fingerprint density at radius 2 is 0.722 bits per heavy atom. The van der Waals surface area contributed by atoms with Crippen LogP contribution in [0.4, 0.5) is 0 Å². The van der Waals surface area contributed by atoms with E-state index in [2.05, 4.69) is 12.1 Å². The molecule has 0 aliphatic carbocycles. The Morgan fingerprint density at radius 1 is 0.389 bits per heavy atom. The second-order valence-corrected chi connectivity index (χ2v) is 9.33. The van der Waals surface area contributed by atoms with Crippen LogP contribution in [0, 0.1) is 0 Å². The molecular weight excluding hydrogens is 440 g/mol. The number of unbranched alkanes of at least 4 members (excludes halogenated alkanes) is 5. The molecule has 0 aliphatic heterocycles. The molecule has 4 aromatic carbocycles. The van der Waals surface area contributed by atoms with Gasteiger partial charge in [0.2, 0.25) is 0 Å². The van der Waals surface area contributed by atoms with E-state index in [1.165, 1.54) is 12.8 Å². The van der Waals surface area contributed by atoms with Gasteiger partial charge in [0, 0.05) is 22.3 Å². The van der Waals surface area contributed by atoms with Crippen LogP contribution in [0.1, 0.15) is 81.5 Å². The molecule has 0 radical (unpaired) electrons. The van der Waals surface area contributed by atoms with Gasteiger partial charge in [-0.15, -0.1) is 0 Å². The van der Waals surface area contributed by atoms with Gasteiger partial charge in [-0.2, -0.15) is 0 Å². The number of hydrogen-bond donors (Lipinski definition) is 0. The minimum absolute atomic E-state index is 0.109. The molecule has 182 valence electrons. The first-order valence-electron chi connectivity index (χ1n) is 13.1. The summed E-state index contributed by atoms with van der Waals surface area (Å²) in [6.45, 7) is 0. The van der Waals surface area contributed by atoms with Gasteiger partial charge in [0.15, 0.2) is 11.6 Å². The molecule has 2 nitrogen and oxygen atoms in total. The molecule has 0 atom stereocenters. The topological polar surface area (TPSA) is 34.1 Å². The van der Waals surface area contributed by atoms with Crippen molar-refractivity contribution in [2.45, 2.75) is 51.4 Å². The van der Waals surface area contributed by atoms with Crippen molar-refractivity contribution >= 4 is 11.6 Å². The molecule has 36 heavy (non-hydrogen) atoms. The van der Waals surface area contributed by atoms with Gasteiger partial charge in [0.25, 0.3) is 0 Å². The number of benzene rings is 4. The first-order chi connectivity index (χ1) is 17.7. The first-order valence-corrected chi connectivity index (χ1v) is 13.1. The highest BCUT2D eigenvalue weighted by Crippen LogP contribution is 2.20. The molecule has 0 aliphatic rings. The summed E-state index contributed by atoms with van der Waals surface area (Å²) in [5, 5.41) is 0. The summed E-state index contributed by atoms with van der Waals surface area (Å²) in [7, 11) is 0. The maximum absolute atomic E-state index is 12.9. The van der Waals surface area contributed by atoms with E-state index in [-0.39, 0.29) is 11.6 Å². The van der Waals surface area contributed by atoms with Gasteiger partial charge < -0.3 is 0 Å². The molecule has 0 aromatic heterocycles. The minimum atomic E-state index is 0.109. The van der Waals surface area contributed by atoms with Gasteiger partial charge in [-0.3, -0.25) is 9.59 Å². The summed E-state index contributed by atoms with van der Waals surface area (Å²) in [4.78, 5) is 25.8. The minimum Gasteiger partial charge on any atom is -0.289 e. The number of carbonyl (C=O) groups is 2. The summed E-state index contributed by atoms with van der Waals surface area (Å²) >= 11 is 0. The van der Waals surface area contributed by atoms with E-state index < -0.39 is 0 Å². The Labute approximate surface area is 215 Å². The van der Waals surface area contributed by atoms with E-state index in [0.717, 1.165) is 71.9 Å². The lowest BCUT2D eigenvalue weighted by molar-refractivity contribution is 0.103. The van der Waals surface area contributed by atoms with Crippen LogP contribution < -0.4 is 0 Å². The molecule has 0 amide bonds. The smallest absolute Gasteiger partial charge is 0.193 e. The maximum Gasteiger partial charge on any atom is 0.193 e. The SMILES string of the molecule is O=C(c1ccccc1)c1ccccc1CCCCCCCCc1ccccc1C(=O)c1ccccc1. The van der Waals surface area contributed by atoms with Crippen LogP contribution in [0.15, 0.2) is 109 Å². The van der Waals surface area contributed by atoms with E-state index in [9.17, 15) is 9.59 Å². The fourth-order valence-corrected chi connectivity index (χ4v) is 4.75. The van der Waals surface area contributed by atoms with E-state index in [4.69, 9.17) is 0 Å². The lowest BCUT2D eigenvalue weighted by Gasteiger charge is -2.10. The Kier molecular flexibility index (Phi) is 9.39. The van der Waals surface area contributed by atoms with Crippen molar-refractivity contribution in [1.82, 2.24) is 0 Å². The van der Waals surface area contributed by atoms with Crippen molar-refractivity contribution < 1.29 is 9.59 Å². The Hall–Kier alpha value is -3.78. The highest BCUT2D eigenvalue weighted by atomic mass is 16.1. The van der Waals surface area contributed by atoms with Crippen LogP contribution in [0.2, 0.25) is 0 Å². The van der Waals surface area contributed by atoms with Crippen molar-refractivity contribution in [2.24, 2.45) is 0 Å². The number of rotatable bonds is 13. The third-order valence-electron chi connectivity index (χ3n) is 6.74. The van der Waals surface area contributed by atoms with Gasteiger partial charge in [0.05, 0.1) is 0 Å². The largest absolute Gasteiger partial charge is 0.289 e. The normalized spacial score (nSPS) is 10.8.